The van der Waals surface area contributed by atoms with E-state index in [1.165, 1.54) is 6.07 Å². The first-order valence-electron chi connectivity index (χ1n) is 4.18. The molecular weight excluding hydrogens is 216 g/mol. The van der Waals surface area contributed by atoms with Crippen molar-refractivity contribution in [2.45, 2.75) is 6.92 Å². The Morgan fingerprint density at radius 1 is 1.40 bits per heavy atom. The molecular formula is C9H12N2O3S. The third kappa shape index (κ3) is 2.95. The fraction of sp³-hybridized carbons (Fsp3) is 0.222. The summed E-state index contributed by atoms with van der Waals surface area (Å²) in [6, 6.07) is 4.76. The third-order valence-corrected chi connectivity index (χ3v) is 2.45. The number of sulfonamides is 1. The highest BCUT2D eigenvalue weighted by molar-refractivity contribution is 7.89. The largest absolute Gasteiger partial charge is 0.398 e. The number of hydrogen-bond donors (Lipinski definition) is 2. The van der Waals surface area contributed by atoms with E-state index < -0.39 is 15.9 Å². The van der Waals surface area contributed by atoms with Crippen molar-refractivity contribution in [3.63, 3.8) is 0 Å². The van der Waals surface area contributed by atoms with Crippen LogP contribution in [0.15, 0.2) is 18.2 Å². The van der Waals surface area contributed by atoms with E-state index >= 15 is 0 Å². The van der Waals surface area contributed by atoms with Gasteiger partial charge in [-0.1, -0.05) is 6.07 Å². The maximum atomic E-state index is 11.5. The van der Waals surface area contributed by atoms with Crippen LogP contribution in [0.25, 0.3) is 0 Å². The predicted octanol–water partition coefficient (Wildman–Crippen LogP) is 0.267. The molecule has 15 heavy (non-hydrogen) atoms. The van der Waals surface area contributed by atoms with E-state index in [-0.39, 0.29) is 5.56 Å². The highest BCUT2D eigenvalue weighted by Crippen LogP contribution is 2.15. The first-order valence-corrected chi connectivity index (χ1v) is 6.07. The normalized spacial score (nSPS) is 11.1. The van der Waals surface area contributed by atoms with E-state index in [0.29, 0.717) is 11.3 Å². The second-order valence-electron chi connectivity index (χ2n) is 3.22. The van der Waals surface area contributed by atoms with Crippen molar-refractivity contribution >= 4 is 21.6 Å². The molecule has 1 rings (SSSR count). The molecule has 0 aliphatic carbocycles. The first kappa shape index (κ1) is 11.5. The van der Waals surface area contributed by atoms with Crippen LogP contribution in [0.3, 0.4) is 0 Å². The molecule has 0 spiro atoms. The number of anilines is 1. The van der Waals surface area contributed by atoms with E-state index in [2.05, 4.69) is 0 Å². The number of carbonyl (C=O) groups excluding carboxylic acids is 1. The Hall–Kier alpha value is -1.56. The number of rotatable bonds is 2. The monoisotopic (exact) mass is 228 g/mol. The highest BCUT2D eigenvalue weighted by atomic mass is 32.2. The molecule has 3 N–H and O–H groups in total. The molecule has 1 amide bonds. The van der Waals surface area contributed by atoms with Crippen molar-refractivity contribution in [2.75, 3.05) is 12.0 Å². The van der Waals surface area contributed by atoms with Crippen molar-refractivity contribution in [1.29, 1.82) is 0 Å². The standard InChI is InChI=1S/C9H12N2O3S/c1-6-7(4-3-5-8(6)10)9(12)11-15(2,13)14/h3-5H,10H2,1-2H3,(H,11,12). The molecule has 5 nitrogen and oxygen atoms in total. The average Bonchev–Trinajstić information content (AvgIpc) is 2.06. The van der Waals surface area contributed by atoms with Gasteiger partial charge in [0.2, 0.25) is 10.0 Å². The predicted molar refractivity (Wildman–Crippen MR) is 57.9 cm³/mol. The fourth-order valence-corrected chi connectivity index (χ4v) is 1.57. The molecule has 0 heterocycles. The molecule has 1 aromatic rings. The Morgan fingerprint density at radius 2 is 2.00 bits per heavy atom. The van der Waals surface area contributed by atoms with Crippen molar-refractivity contribution in [3.05, 3.63) is 29.3 Å². The van der Waals surface area contributed by atoms with Crippen molar-refractivity contribution < 1.29 is 13.2 Å². The molecule has 82 valence electrons. The lowest BCUT2D eigenvalue weighted by atomic mass is 10.1. The molecule has 0 radical (unpaired) electrons. The molecule has 0 atom stereocenters. The van der Waals surface area contributed by atoms with Crippen LogP contribution >= 0.6 is 0 Å². The van der Waals surface area contributed by atoms with Gasteiger partial charge in [0, 0.05) is 11.3 Å². The van der Waals surface area contributed by atoms with Gasteiger partial charge < -0.3 is 5.73 Å². The lowest BCUT2D eigenvalue weighted by Crippen LogP contribution is -2.29. The number of carbonyl (C=O) groups is 1. The smallest absolute Gasteiger partial charge is 0.265 e. The van der Waals surface area contributed by atoms with E-state index in [4.69, 9.17) is 5.73 Å². The van der Waals surface area contributed by atoms with Gasteiger partial charge >= 0.3 is 0 Å². The first-order chi connectivity index (χ1) is 6.81. The molecule has 0 bridgehead atoms. The maximum absolute atomic E-state index is 11.5. The summed E-state index contributed by atoms with van der Waals surface area (Å²) in [5, 5.41) is 0. The van der Waals surface area contributed by atoms with Gasteiger partial charge in [-0.3, -0.25) is 4.79 Å². The molecule has 0 aliphatic heterocycles. The summed E-state index contributed by atoms with van der Waals surface area (Å²) in [6.45, 7) is 1.66. The van der Waals surface area contributed by atoms with Crippen LogP contribution in [0.5, 0.6) is 0 Å². The van der Waals surface area contributed by atoms with Crippen molar-refractivity contribution in [2.24, 2.45) is 0 Å². The Morgan fingerprint density at radius 3 is 2.53 bits per heavy atom. The van der Waals surface area contributed by atoms with E-state index in [1.807, 2.05) is 4.72 Å². The topological polar surface area (TPSA) is 89.3 Å². The molecule has 0 saturated heterocycles. The van der Waals surface area contributed by atoms with Crippen LogP contribution in [0.2, 0.25) is 0 Å². The molecule has 1 aromatic carbocycles. The SMILES string of the molecule is Cc1c(N)cccc1C(=O)NS(C)(=O)=O. The zero-order valence-electron chi connectivity index (χ0n) is 8.44. The number of amides is 1. The lowest BCUT2D eigenvalue weighted by molar-refractivity contribution is 0.0981. The van der Waals surface area contributed by atoms with Gasteiger partial charge in [0.1, 0.15) is 0 Å². The summed E-state index contributed by atoms with van der Waals surface area (Å²) in [7, 11) is -3.54. The van der Waals surface area contributed by atoms with Crippen molar-refractivity contribution in [3.8, 4) is 0 Å². The number of hydrogen-bond acceptors (Lipinski definition) is 4. The van der Waals surface area contributed by atoms with E-state index in [1.54, 1.807) is 19.1 Å². The number of benzene rings is 1. The molecule has 0 aromatic heterocycles. The van der Waals surface area contributed by atoms with Gasteiger partial charge in [0.25, 0.3) is 5.91 Å². The van der Waals surface area contributed by atoms with Gasteiger partial charge in [0.15, 0.2) is 0 Å². The van der Waals surface area contributed by atoms with Crippen LogP contribution < -0.4 is 10.5 Å². The zero-order chi connectivity index (χ0) is 11.6. The minimum atomic E-state index is -3.54. The summed E-state index contributed by atoms with van der Waals surface area (Å²) in [5.41, 5.74) is 6.88. The minimum Gasteiger partial charge on any atom is -0.398 e. The lowest BCUT2D eigenvalue weighted by Gasteiger charge is -2.07. The quantitative estimate of drug-likeness (QED) is 0.711. The van der Waals surface area contributed by atoms with Crippen molar-refractivity contribution in [1.82, 2.24) is 4.72 Å². The van der Waals surface area contributed by atoms with Crippen LogP contribution in [-0.2, 0) is 10.0 Å². The molecule has 0 fully saturated rings. The molecule has 0 saturated carbocycles. The fourth-order valence-electron chi connectivity index (χ4n) is 1.12. The van der Waals surface area contributed by atoms with Gasteiger partial charge in [-0.25, -0.2) is 13.1 Å². The Balaban J connectivity index is 3.08. The molecule has 0 unspecified atom stereocenters. The van der Waals surface area contributed by atoms with Gasteiger partial charge in [-0.15, -0.1) is 0 Å². The summed E-state index contributed by atoms with van der Waals surface area (Å²) in [4.78, 5) is 11.5. The number of nitrogen functional groups attached to an aromatic ring is 1. The third-order valence-electron chi connectivity index (χ3n) is 1.90. The van der Waals surface area contributed by atoms with E-state index in [0.717, 1.165) is 6.26 Å². The summed E-state index contributed by atoms with van der Waals surface area (Å²) < 4.78 is 23.6. The Bertz CT molecular complexity index is 494. The number of nitrogens with one attached hydrogen (secondary N) is 1. The van der Waals surface area contributed by atoms with Gasteiger partial charge in [0.05, 0.1) is 6.26 Å². The Labute approximate surface area is 88.3 Å². The van der Waals surface area contributed by atoms with Gasteiger partial charge in [-0.05, 0) is 24.6 Å². The van der Waals surface area contributed by atoms with Gasteiger partial charge in [-0.2, -0.15) is 0 Å². The Kier molecular flexibility index (Phi) is 2.99. The van der Waals surface area contributed by atoms with E-state index in [9.17, 15) is 13.2 Å². The van der Waals surface area contributed by atoms with Crippen LogP contribution in [0.1, 0.15) is 15.9 Å². The maximum Gasteiger partial charge on any atom is 0.265 e. The molecule has 6 heteroatoms. The average molecular weight is 228 g/mol. The van der Waals surface area contributed by atoms with Crippen LogP contribution in [0.4, 0.5) is 5.69 Å². The number of nitrogens with two attached hydrogens (primary N) is 1. The second kappa shape index (κ2) is 3.90. The zero-order valence-corrected chi connectivity index (χ0v) is 9.26. The summed E-state index contributed by atoms with van der Waals surface area (Å²) in [6.07, 6.45) is 0.923. The second-order valence-corrected chi connectivity index (χ2v) is 4.97. The van der Waals surface area contributed by atoms with Crippen LogP contribution in [0, 0.1) is 6.92 Å². The van der Waals surface area contributed by atoms with Crippen LogP contribution in [-0.4, -0.2) is 20.6 Å². The highest BCUT2D eigenvalue weighted by Gasteiger charge is 2.13. The summed E-state index contributed by atoms with van der Waals surface area (Å²) >= 11 is 0. The molecule has 0 aliphatic rings. The minimum absolute atomic E-state index is 0.264. The summed E-state index contributed by atoms with van der Waals surface area (Å²) in [5.74, 6) is -0.665.